The van der Waals surface area contributed by atoms with E-state index >= 15 is 0 Å². The number of nitrogens with zero attached hydrogens (tertiary/aromatic N) is 2. The highest BCUT2D eigenvalue weighted by Crippen LogP contribution is 2.25. The molecule has 1 fully saturated rings. The first-order chi connectivity index (χ1) is 13.4. The lowest BCUT2D eigenvalue weighted by Gasteiger charge is -2.23. The van der Waals surface area contributed by atoms with Gasteiger partial charge in [-0.1, -0.05) is 24.2 Å². The number of rotatable bonds is 3. The Hall–Kier alpha value is -2.66. The summed E-state index contributed by atoms with van der Waals surface area (Å²) in [6.45, 7) is 1.52. The lowest BCUT2D eigenvalue weighted by Crippen LogP contribution is -2.28. The Bertz CT molecular complexity index is 1060. The third-order valence-electron chi connectivity index (χ3n) is 4.33. The van der Waals surface area contributed by atoms with Crippen molar-refractivity contribution in [1.29, 1.82) is 0 Å². The van der Waals surface area contributed by atoms with E-state index in [2.05, 4.69) is 10.4 Å². The van der Waals surface area contributed by atoms with Gasteiger partial charge in [0.15, 0.2) is 0 Å². The van der Waals surface area contributed by atoms with Crippen LogP contribution in [0.4, 0.5) is 0 Å². The molecule has 24 heavy (non-hydrogen) atoms. The maximum Gasteiger partial charge on any atom is 0.337 e. The molecule has 2 N–H and O–H groups in total. The molecule has 0 saturated carbocycles. The highest BCUT2D eigenvalue weighted by molar-refractivity contribution is 6.01. The molecule has 1 aliphatic rings. The average Bonchev–Trinajstić information content (AvgIpc) is 3.11. The SMILES string of the molecule is [2H]c1c([2H])c(-n2cc3cccc(C(=O)O)c3n2)c([2H])c([2H])c1[C@@H]1CCCNC1. The molecule has 1 aliphatic heterocycles. The van der Waals surface area contributed by atoms with E-state index in [1.807, 2.05) is 0 Å². The molecule has 3 aromatic rings. The largest absolute Gasteiger partial charge is 0.478 e. The third-order valence-corrected chi connectivity index (χ3v) is 4.33. The highest BCUT2D eigenvalue weighted by atomic mass is 16.4. The maximum absolute atomic E-state index is 11.4. The number of carboxylic acid groups (broad SMARTS) is 1. The summed E-state index contributed by atoms with van der Waals surface area (Å²) in [5.74, 6) is -1.18. The van der Waals surface area contributed by atoms with Crippen molar-refractivity contribution in [2.45, 2.75) is 18.8 Å². The molecule has 5 nitrogen and oxygen atoms in total. The predicted octanol–water partition coefficient (Wildman–Crippen LogP) is 3.19. The van der Waals surface area contributed by atoms with Crippen LogP contribution in [0.5, 0.6) is 0 Å². The van der Waals surface area contributed by atoms with E-state index < -0.39 is 5.97 Å². The maximum atomic E-state index is 11.4. The van der Waals surface area contributed by atoms with Gasteiger partial charge in [-0.15, -0.1) is 0 Å². The minimum Gasteiger partial charge on any atom is -0.478 e. The Balaban J connectivity index is 1.90. The predicted molar refractivity (Wildman–Crippen MR) is 92.9 cm³/mol. The number of piperidine rings is 1. The monoisotopic (exact) mass is 325 g/mol. The van der Waals surface area contributed by atoms with E-state index in [9.17, 15) is 9.90 Å². The first-order valence-electron chi connectivity index (χ1n) is 9.93. The molecule has 1 saturated heterocycles. The van der Waals surface area contributed by atoms with Crippen molar-refractivity contribution in [2.75, 3.05) is 13.1 Å². The second-order valence-electron chi connectivity index (χ2n) is 5.93. The van der Waals surface area contributed by atoms with E-state index in [0.717, 1.165) is 19.4 Å². The summed E-state index contributed by atoms with van der Waals surface area (Å²) in [6.07, 6.45) is 3.28. The summed E-state index contributed by atoms with van der Waals surface area (Å²) in [5.41, 5.74) is 0.716. The molecular formula is C19H19N3O2. The Labute approximate surface area is 145 Å². The standard InChI is InChI=1S/C19H19N3O2/c23-19(24)17-5-1-3-15-12-22(21-18(15)17)16-8-6-13(7-9-16)14-4-2-10-20-11-14/h1,3,5-9,12,14,20H,2,4,10-11H2,(H,23,24)/t14-/m1/s1/i6D,7D,8D,9D. The minimum absolute atomic E-state index is 0.0232. The number of carbonyl (C=O) groups is 1. The molecular weight excluding hydrogens is 302 g/mol. The Morgan fingerprint density at radius 2 is 2.17 bits per heavy atom. The van der Waals surface area contributed by atoms with Crippen LogP contribution in [0.25, 0.3) is 16.6 Å². The van der Waals surface area contributed by atoms with Gasteiger partial charge in [0.2, 0.25) is 0 Å². The van der Waals surface area contributed by atoms with E-state index in [4.69, 9.17) is 5.48 Å². The van der Waals surface area contributed by atoms with Crippen LogP contribution < -0.4 is 5.32 Å². The number of benzene rings is 2. The number of fused-ring (bicyclic) bond motifs is 1. The van der Waals surface area contributed by atoms with Gasteiger partial charge in [-0.2, -0.15) is 5.10 Å². The van der Waals surface area contributed by atoms with Gasteiger partial charge in [-0.3, -0.25) is 0 Å². The van der Waals surface area contributed by atoms with Crippen molar-refractivity contribution in [3.63, 3.8) is 0 Å². The van der Waals surface area contributed by atoms with Gasteiger partial charge in [-0.05, 0) is 49.0 Å². The first-order valence-corrected chi connectivity index (χ1v) is 7.93. The molecule has 122 valence electrons. The van der Waals surface area contributed by atoms with E-state index in [1.54, 1.807) is 12.1 Å². The van der Waals surface area contributed by atoms with Crippen LogP contribution in [0.15, 0.2) is 48.6 Å². The second kappa shape index (κ2) is 6.09. The quantitative estimate of drug-likeness (QED) is 0.776. The van der Waals surface area contributed by atoms with Crippen LogP contribution in [0.3, 0.4) is 0 Å². The summed E-state index contributed by atoms with van der Waals surface area (Å²) >= 11 is 0. The number of carboxylic acids is 1. The van der Waals surface area contributed by atoms with Crippen LogP contribution in [-0.4, -0.2) is 33.9 Å². The zero-order valence-electron chi connectivity index (χ0n) is 17.0. The van der Waals surface area contributed by atoms with E-state index in [-0.39, 0.29) is 46.9 Å². The van der Waals surface area contributed by atoms with Gasteiger partial charge in [-0.25, -0.2) is 9.48 Å². The number of nitrogens with one attached hydrogen (secondary N) is 1. The second-order valence-corrected chi connectivity index (χ2v) is 5.93. The van der Waals surface area contributed by atoms with Gasteiger partial charge < -0.3 is 10.4 Å². The highest BCUT2D eigenvalue weighted by Gasteiger charge is 2.15. The number of hydrogen-bond acceptors (Lipinski definition) is 3. The van der Waals surface area contributed by atoms with Crippen LogP contribution in [-0.2, 0) is 0 Å². The van der Waals surface area contributed by atoms with Crippen LogP contribution in [0, 0.1) is 0 Å². The summed E-state index contributed by atoms with van der Waals surface area (Å²) in [7, 11) is 0. The normalized spacial score (nSPS) is 20.2. The van der Waals surface area contributed by atoms with Gasteiger partial charge in [0.25, 0.3) is 0 Å². The van der Waals surface area contributed by atoms with Gasteiger partial charge in [0.05, 0.1) is 16.7 Å². The first kappa shape index (κ1) is 11.0. The molecule has 2 aromatic carbocycles. The molecule has 0 unspecified atom stereocenters. The van der Waals surface area contributed by atoms with Gasteiger partial charge in [0.1, 0.15) is 5.52 Å². The summed E-state index contributed by atoms with van der Waals surface area (Å²) < 4.78 is 35.1. The van der Waals surface area contributed by atoms with Crippen molar-refractivity contribution in [3.8, 4) is 5.69 Å². The number of aromatic carboxylic acids is 1. The Kier molecular flexibility index (Phi) is 2.79. The molecule has 0 radical (unpaired) electrons. The smallest absolute Gasteiger partial charge is 0.337 e. The molecule has 4 rings (SSSR count). The molecule has 5 heteroatoms. The summed E-state index contributed by atoms with van der Waals surface area (Å²) in [6, 6.07) is 4.26. The van der Waals surface area contributed by atoms with Crippen LogP contribution >= 0.6 is 0 Å². The van der Waals surface area contributed by atoms with Gasteiger partial charge in [0, 0.05) is 18.1 Å². The van der Waals surface area contributed by atoms with Crippen molar-refractivity contribution < 1.29 is 15.4 Å². The molecule has 0 aliphatic carbocycles. The fourth-order valence-electron chi connectivity index (χ4n) is 3.07. The summed E-state index contributed by atoms with van der Waals surface area (Å²) in [4.78, 5) is 11.4. The fourth-order valence-corrected chi connectivity index (χ4v) is 3.07. The van der Waals surface area contributed by atoms with Crippen molar-refractivity contribution in [3.05, 3.63) is 59.7 Å². The number of aromatic nitrogens is 2. The molecule has 1 atom stereocenters. The number of hydrogen-bond donors (Lipinski definition) is 2. The molecule has 0 spiro atoms. The average molecular weight is 325 g/mol. The van der Waals surface area contributed by atoms with Crippen LogP contribution in [0.1, 0.15) is 40.2 Å². The Morgan fingerprint density at radius 3 is 2.88 bits per heavy atom. The molecule has 2 heterocycles. The zero-order valence-corrected chi connectivity index (χ0v) is 13.0. The van der Waals surface area contributed by atoms with Crippen LogP contribution in [0.2, 0.25) is 0 Å². The van der Waals surface area contributed by atoms with Crippen molar-refractivity contribution in [2.24, 2.45) is 0 Å². The van der Waals surface area contributed by atoms with E-state index in [0.29, 0.717) is 17.5 Å². The third kappa shape index (κ3) is 2.67. The van der Waals surface area contributed by atoms with Crippen molar-refractivity contribution >= 4 is 16.9 Å². The summed E-state index contributed by atoms with van der Waals surface area (Å²) in [5, 5.41) is 17.4. The molecule has 1 aromatic heterocycles. The minimum atomic E-state index is -1.12. The van der Waals surface area contributed by atoms with Gasteiger partial charge >= 0.3 is 5.97 Å². The lowest BCUT2D eigenvalue weighted by atomic mass is 9.92. The fraction of sp³-hybridized carbons (Fsp3) is 0.263. The zero-order chi connectivity index (χ0) is 20.0. The molecule has 0 bridgehead atoms. The topological polar surface area (TPSA) is 67.2 Å². The van der Waals surface area contributed by atoms with Crippen molar-refractivity contribution in [1.82, 2.24) is 15.1 Å². The van der Waals surface area contributed by atoms with E-state index in [1.165, 1.54) is 16.9 Å². The molecule has 0 amide bonds. The Morgan fingerprint density at radius 1 is 1.33 bits per heavy atom. The lowest BCUT2D eigenvalue weighted by molar-refractivity contribution is 0.0699.